The van der Waals surface area contributed by atoms with E-state index in [9.17, 15) is 14.5 Å². The molecule has 0 amide bonds. The topological polar surface area (TPSA) is 59.3 Å². The second-order valence-electron chi connectivity index (χ2n) is 6.68. The fourth-order valence-corrected chi connectivity index (χ4v) is 3.30. The minimum Gasteiger partial charge on any atom is -0.351 e. The monoisotopic (exact) mass is 355 g/mol. The first-order valence-corrected chi connectivity index (χ1v) is 8.82. The van der Waals surface area contributed by atoms with Gasteiger partial charge in [0.1, 0.15) is 5.82 Å². The molecule has 0 bridgehead atoms. The van der Waals surface area contributed by atoms with Crippen molar-refractivity contribution in [2.45, 2.75) is 26.2 Å². The van der Waals surface area contributed by atoms with Crippen LogP contribution in [-0.4, -0.2) is 23.0 Å². The lowest BCUT2D eigenvalue weighted by atomic mass is 9.93. The number of aryl methyl sites for hydroxylation is 1. The summed E-state index contributed by atoms with van der Waals surface area (Å²) in [7, 11) is 0. The van der Waals surface area contributed by atoms with Gasteiger partial charge in [-0.2, -0.15) is 0 Å². The Balaban J connectivity index is 1.58. The van der Waals surface area contributed by atoms with Gasteiger partial charge in [0, 0.05) is 24.8 Å². The van der Waals surface area contributed by atoms with Crippen molar-refractivity contribution in [1.82, 2.24) is 4.98 Å². The zero-order chi connectivity index (χ0) is 18.5. The summed E-state index contributed by atoms with van der Waals surface area (Å²) in [6, 6.07) is 9.74. The van der Waals surface area contributed by atoms with Crippen molar-refractivity contribution in [3.05, 3.63) is 69.7 Å². The van der Waals surface area contributed by atoms with Gasteiger partial charge >= 0.3 is 5.69 Å². The molecule has 1 aromatic heterocycles. The maximum atomic E-state index is 13.2. The number of hydrogen-bond acceptors (Lipinski definition) is 4. The molecule has 0 atom stereocenters. The van der Waals surface area contributed by atoms with Crippen molar-refractivity contribution in [3.63, 3.8) is 0 Å². The van der Waals surface area contributed by atoms with Crippen molar-refractivity contribution in [2.75, 3.05) is 18.0 Å². The molecule has 0 radical (unpaired) electrons. The van der Waals surface area contributed by atoms with E-state index >= 15 is 0 Å². The summed E-state index contributed by atoms with van der Waals surface area (Å²) in [4.78, 5) is 17.3. The molecule has 0 unspecified atom stereocenters. The minimum atomic E-state index is -0.365. The summed E-state index contributed by atoms with van der Waals surface area (Å²) in [5, 5.41) is 11.2. The summed E-state index contributed by atoms with van der Waals surface area (Å²) in [5.41, 5.74) is 1.72. The van der Waals surface area contributed by atoms with Gasteiger partial charge in [0.25, 0.3) is 0 Å². The Bertz CT molecular complexity index is 814. The number of hydrogen-bond donors (Lipinski definition) is 0. The first-order chi connectivity index (χ1) is 12.5. The average Bonchev–Trinajstić information content (AvgIpc) is 2.62. The van der Waals surface area contributed by atoms with Crippen LogP contribution < -0.4 is 4.90 Å². The SMILES string of the molecule is Cc1ccc([N+](=O)[O-])c(N2CCC(C/C=C/c3cccc(F)c3)CC2)n1. The minimum absolute atomic E-state index is 0.0695. The van der Waals surface area contributed by atoms with Gasteiger partial charge in [-0.25, -0.2) is 9.37 Å². The highest BCUT2D eigenvalue weighted by Crippen LogP contribution is 2.31. The molecule has 3 rings (SSSR count). The molecule has 0 aliphatic carbocycles. The predicted octanol–water partition coefficient (Wildman–Crippen LogP) is 4.76. The van der Waals surface area contributed by atoms with Gasteiger partial charge in [-0.1, -0.05) is 24.3 Å². The van der Waals surface area contributed by atoms with E-state index < -0.39 is 0 Å². The summed E-state index contributed by atoms with van der Waals surface area (Å²) in [6.45, 7) is 3.36. The summed E-state index contributed by atoms with van der Waals surface area (Å²) >= 11 is 0. The second kappa shape index (κ2) is 8.08. The number of nitro groups is 1. The van der Waals surface area contributed by atoms with Crippen LogP contribution in [0.5, 0.6) is 0 Å². The largest absolute Gasteiger partial charge is 0.351 e. The van der Waals surface area contributed by atoms with Crippen molar-refractivity contribution in [2.24, 2.45) is 5.92 Å². The Morgan fingerprint density at radius 1 is 1.31 bits per heavy atom. The van der Waals surface area contributed by atoms with Gasteiger partial charge in [0.2, 0.25) is 5.82 Å². The fourth-order valence-electron chi connectivity index (χ4n) is 3.30. The predicted molar refractivity (Wildman–Crippen MR) is 101 cm³/mol. The summed E-state index contributed by atoms with van der Waals surface area (Å²) < 4.78 is 13.2. The van der Waals surface area contributed by atoms with Crippen LogP contribution in [0.25, 0.3) is 6.08 Å². The highest BCUT2D eigenvalue weighted by Gasteiger charge is 2.25. The van der Waals surface area contributed by atoms with Crippen molar-refractivity contribution in [3.8, 4) is 0 Å². The molecule has 1 aliphatic heterocycles. The lowest BCUT2D eigenvalue weighted by molar-refractivity contribution is -0.384. The van der Waals surface area contributed by atoms with Gasteiger partial charge < -0.3 is 4.90 Å². The number of allylic oxidation sites excluding steroid dienone is 1. The standard InChI is InChI=1S/C20H22FN3O2/c1-15-8-9-19(24(25)26)20(22-15)23-12-10-16(11-13-23)4-2-5-17-6-3-7-18(21)14-17/h2-3,5-9,14,16H,4,10-13H2,1H3/b5-2+. The molecule has 1 aliphatic rings. The van der Waals surface area contributed by atoms with Crippen LogP contribution >= 0.6 is 0 Å². The van der Waals surface area contributed by atoms with Crippen LogP contribution in [0, 0.1) is 28.8 Å². The zero-order valence-corrected chi connectivity index (χ0v) is 14.8. The molecule has 1 fully saturated rings. The molecule has 0 N–H and O–H groups in total. The van der Waals surface area contributed by atoms with Crippen LogP contribution in [0.1, 0.15) is 30.5 Å². The quantitative estimate of drug-likeness (QED) is 0.573. The van der Waals surface area contributed by atoms with Crippen LogP contribution in [0.15, 0.2) is 42.5 Å². The Labute approximate surface area is 152 Å². The molecule has 1 saturated heterocycles. The third-order valence-electron chi connectivity index (χ3n) is 4.73. The lowest BCUT2D eigenvalue weighted by Crippen LogP contribution is -2.34. The highest BCUT2D eigenvalue weighted by molar-refractivity contribution is 5.58. The molecule has 26 heavy (non-hydrogen) atoms. The van der Waals surface area contributed by atoms with Gasteiger partial charge in [-0.15, -0.1) is 0 Å². The number of anilines is 1. The van der Waals surface area contributed by atoms with Crippen molar-refractivity contribution < 1.29 is 9.31 Å². The fraction of sp³-hybridized carbons (Fsp3) is 0.350. The van der Waals surface area contributed by atoms with E-state index in [1.54, 1.807) is 12.1 Å². The van der Waals surface area contributed by atoms with Crippen LogP contribution in [0.4, 0.5) is 15.9 Å². The van der Waals surface area contributed by atoms with E-state index in [1.165, 1.54) is 18.2 Å². The molecular formula is C20H22FN3O2. The zero-order valence-electron chi connectivity index (χ0n) is 14.8. The Kier molecular flexibility index (Phi) is 5.61. The summed E-state index contributed by atoms with van der Waals surface area (Å²) in [6.07, 6.45) is 6.87. The number of aromatic nitrogens is 1. The van der Waals surface area contributed by atoms with E-state index in [1.807, 2.05) is 24.0 Å². The smallest absolute Gasteiger partial charge is 0.311 e. The normalized spacial score (nSPS) is 15.5. The number of nitrogens with zero attached hydrogens (tertiary/aromatic N) is 3. The van der Waals surface area contributed by atoms with Gasteiger partial charge in [0.15, 0.2) is 0 Å². The first kappa shape index (κ1) is 18.0. The molecule has 1 aromatic carbocycles. The van der Waals surface area contributed by atoms with E-state index in [0.717, 1.165) is 43.6 Å². The van der Waals surface area contributed by atoms with E-state index in [-0.39, 0.29) is 16.4 Å². The Morgan fingerprint density at radius 3 is 2.77 bits per heavy atom. The van der Waals surface area contributed by atoms with Crippen LogP contribution in [0.2, 0.25) is 0 Å². The number of pyridine rings is 1. The average molecular weight is 355 g/mol. The summed E-state index contributed by atoms with van der Waals surface area (Å²) in [5.74, 6) is 0.774. The molecule has 2 heterocycles. The Morgan fingerprint density at radius 2 is 2.08 bits per heavy atom. The Hall–Kier alpha value is -2.76. The lowest BCUT2D eigenvalue weighted by Gasteiger charge is -2.32. The molecule has 5 nitrogen and oxygen atoms in total. The number of halogens is 1. The van der Waals surface area contributed by atoms with E-state index in [0.29, 0.717) is 11.7 Å². The number of piperidine rings is 1. The van der Waals surface area contributed by atoms with Crippen LogP contribution in [-0.2, 0) is 0 Å². The first-order valence-electron chi connectivity index (χ1n) is 8.82. The molecular weight excluding hydrogens is 333 g/mol. The third kappa shape index (κ3) is 4.45. The second-order valence-corrected chi connectivity index (χ2v) is 6.68. The molecule has 0 saturated carbocycles. The van der Waals surface area contributed by atoms with Crippen molar-refractivity contribution >= 4 is 17.6 Å². The van der Waals surface area contributed by atoms with E-state index in [4.69, 9.17) is 0 Å². The molecule has 0 spiro atoms. The number of rotatable bonds is 5. The molecule has 136 valence electrons. The number of benzene rings is 1. The maximum Gasteiger partial charge on any atom is 0.311 e. The van der Waals surface area contributed by atoms with Gasteiger partial charge in [-0.05, 0) is 55.9 Å². The third-order valence-corrected chi connectivity index (χ3v) is 4.73. The molecule has 6 heteroatoms. The maximum absolute atomic E-state index is 13.2. The van der Waals surface area contributed by atoms with Crippen molar-refractivity contribution in [1.29, 1.82) is 0 Å². The highest BCUT2D eigenvalue weighted by atomic mass is 19.1. The molecule has 2 aromatic rings. The van der Waals surface area contributed by atoms with Crippen LogP contribution in [0.3, 0.4) is 0 Å². The van der Waals surface area contributed by atoms with E-state index in [2.05, 4.69) is 11.1 Å². The van der Waals surface area contributed by atoms with Gasteiger partial charge in [0.05, 0.1) is 4.92 Å². The van der Waals surface area contributed by atoms with Gasteiger partial charge in [-0.3, -0.25) is 10.1 Å².